The minimum absolute atomic E-state index is 0.482. The van der Waals surface area contributed by atoms with Gasteiger partial charge in [0.2, 0.25) is 5.89 Å². The van der Waals surface area contributed by atoms with E-state index in [9.17, 15) is 0 Å². The van der Waals surface area contributed by atoms with E-state index in [4.69, 9.17) is 9.15 Å². The lowest BCUT2D eigenvalue weighted by atomic mass is 10.1. The Bertz CT molecular complexity index is 769. The third-order valence-electron chi connectivity index (χ3n) is 3.13. The molecule has 0 saturated carbocycles. The molecule has 0 spiro atoms. The van der Waals surface area contributed by atoms with Gasteiger partial charge in [0, 0.05) is 0 Å². The van der Waals surface area contributed by atoms with Crippen LogP contribution in [0.5, 0.6) is 5.75 Å². The second-order valence-electron chi connectivity index (χ2n) is 5.23. The van der Waals surface area contributed by atoms with Gasteiger partial charge in [-0.1, -0.05) is 30.3 Å². The summed E-state index contributed by atoms with van der Waals surface area (Å²) in [7, 11) is 0. The molecule has 0 atom stereocenters. The monoisotopic (exact) mass is 279 g/mol. The van der Waals surface area contributed by atoms with Crippen molar-refractivity contribution in [3.8, 4) is 17.2 Å². The second-order valence-corrected chi connectivity index (χ2v) is 5.23. The molecule has 106 valence electrons. The average Bonchev–Trinajstić information content (AvgIpc) is 2.89. The maximum absolute atomic E-state index is 5.84. The summed E-state index contributed by atoms with van der Waals surface area (Å²) in [5.41, 5.74) is 4.60. The maximum atomic E-state index is 5.84. The summed E-state index contributed by atoms with van der Waals surface area (Å²) < 4.78 is 11.6. The van der Waals surface area contributed by atoms with Gasteiger partial charge in [0.15, 0.2) is 5.58 Å². The van der Waals surface area contributed by atoms with E-state index in [1.54, 1.807) is 0 Å². The first-order valence-electron chi connectivity index (χ1n) is 6.87. The van der Waals surface area contributed by atoms with E-state index < -0.39 is 0 Å². The number of nitrogens with zero attached hydrogens (tertiary/aromatic N) is 1. The molecule has 0 unspecified atom stereocenters. The maximum Gasteiger partial charge on any atom is 0.231 e. The number of benzene rings is 2. The number of aromatic nitrogens is 1. The van der Waals surface area contributed by atoms with E-state index in [0.717, 1.165) is 33.5 Å². The number of fused-ring (bicyclic) bond motifs is 1. The van der Waals surface area contributed by atoms with Gasteiger partial charge in [0.05, 0.1) is 5.56 Å². The SMILES string of the molecule is C=C(C)COc1ccc(C)cc1-c1nc2ccccc2o1. The van der Waals surface area contributed by atoms with E-state index in [-0.39, 0.29) is 0 Å². The van der Waals surface area contributed by atoms with Crippen LogP contribution in [0.3, 0.4) is 0 Å². The van der Waals surface area contributed by atoms with Crippen LogP contribution in [0.4, 0.5) is 0 Å². The first kappa shape index (κ1) is 13.4. The Hall–Kier alpha value is -2.55. The van der Waals surface area contributed by atoms with E-state index in [2.05, 4.69) is 11.6 Å². The highest BCUT2D eigenvalue weighted by molar-refractivity contribution is 5.77. The summed E-state index contributed by atoms with van der Waals surface area (Å²) in [6.45, 7) is 8.32. The number of oxazole rings is 1. The molecule has 0 radical (unpaired) electrons. The van der Waals surface area contributed by atoms with Gasteiger partial charge >= 0.3 is 0 Å². The zero-order valence-electron chi connectivity index (χ0n) is 12.2. The number of rotatable bonds is 4. The third-order valence-corrected chi connectivity index (χ3v) is 3.13. The zero-order chi connectivity index (χ0) is 14.8. The molecular weight excluding hydrogens is 262 g/mol. The van der Waals surface area contributed by atoms with Crippen molar-refractivity contribution in [2.75, 3.05) is 6.61 Å². The molecule has 0 bridgehead atoms. The zero-order valence-corrected chi connectivity index (χ0v) is 12.2. The van der Waals surface area contributed by atoms with Gasteiger partial charge in [0.25, 0.3) is 0 Å². The van der Waals surface area contributed by atoms with E-state index in [1.165, 1.54) is 0 Å². The van der Waals surface area contributed by atoms with Crippen molar-refractivity contribution in [3.05, 3.63) is 60.2 Å². The summed E-state index contributed by atoms with van der Waals surface area (Å²) in [4.78, 5) is 4.54. The Balaban J connectivity index is 2.06. The summed E-state index contributed by atoms with van der Waals surface area (Å²) in [5, 5.41) is 0. The summed E-state index contributed by atoms with van der Waals surface area (Å²) >= 11 is 0. The first-order chi connectivity index (χ1) is 10.1. The minimum atomic E-state index is 0.482. The number of para-hydroxylation sites is 2. The topological polar surface area (TPSA) is 35.3 Å². The van der Waals surface area contributed by atoms with Crippen molar-refractivity contribution in [2.45, 2.75) is 13.8 Å². The highest BCUT2D eigenvalue weighted by atomic mass is 16.5. The molecule has 1 heterocycles. The van der Waals surface area contributed by atoms with Gasteiger partial charge in [0.1, 0.15) is 17.9 Å². The van der Waals surface area contributed by atoms with Crippen molar-refractivity contribution in [1.82, 2.24) is 4.98 Å². The lowest BCUT2D eigenvalue weighted by molar-refractivity contribution is 0.353. The van der Waals surface area contributed by atoms with Crippen molar-refractivity contribution in [3.63, 3.8) is 0 Å². The standard InChI is InChI=1S/C18H17NO2/c1-12(2)11-20-16-9-8-13(3)10-14(16)18-19-15-6-4-5-7-17(15)21-18/h4-10H,1,11H2,2-3H3. The van der Waals surface area contributed by atoms with Crippen LogP contribution in [0.2, 0.25) is 0 Å². The Morgan fingerprint density at radius 1 is 1.24 bits per heavy atom. The van der Waals surface area contributed by atoms with Crippen LogP contribution in [0.25, 0.3) is 22.6 Å². The Morgan fingerprint density at radius 2 is 2.05 bits per heavy atom. The molecule has 0 amide bonds. The fourth-order valence-electron chi connectivity index (χ4n) is 2.13. The van der Waals surface area contributed by atoms with E-state index >= 15 is 0 Å². The first-order valence-corrected chi connectivity index (χ1v) is 6.87. The van der Waals surface area contributed by atoms with Gasteiger partial charge in [-0.05, 0) is 43.7 Å². The van der Waals surface area contributed by atoms with Crippen LogP contribution in [0.1, 0.15) is 12.5 Å². The molecule has 0 N–H and O–H groups in total. The van der Waals surface area contributed by atoms with E-state index in [1.807, 2.05) is 56.3 Å². The van der Waals surface area contributed by atoms with Crippen molar-refractivity contribution < 1.29 is 9.15 Å². The van der Waals surface area contributed by atoms with Crippen molar-refractivity contribution in [1.29, 1.82) is 0 Å². The molecule has 0 aliphatic carbocycles. The van der Waals surface area contributed by atoms with Crippen LogP contribution in [-0.2, 0) is 0 Å². The smallest absolute Gasteiger partial charge is 0.231 e. The quantitative estimate of drug-likeness (QED) is 0.646. The predicted molar refractivity (Wildman–Crippen MR) is 84.5 cm³/mol. The lowest BCUT2D eigenvalue weighted by Gasteiger charge is -2.10. The summed E-state index contributed by atoms with van der Waals surface area (Å²) in [6.07, 6.45) is 0. The summed E-state index contributed by atoms with van der Waals surface area (Å²) in [5.74, 6) is 1.34. The molecular formula is C18H17NO2. The van der Waals surface area contributed by atoms with E-state index in [0.29, 0.717) is 12.5 Å². The molecule has 3 aromatic rings. The summed E-state index contributed by atoms with van der Waals surface area (Å²) in [6, 6.07) is 13.7. The molecule has 21 heavy (non-hydrogen) atoms. The molecule has 1 aromatic heterocycles. The molecule has 0 aliphatic rings. The number of ether oxygens (including phenoxy) is 1. The van der Waals surface area contributed by atoms with Crippen LogP contribution in [-0.4, -0.2) is 11.6 Å². The number of aryl methyl sites for hydroxylation is 1. The lowest BCUT2D eigenvalue weighted by Crippen LogP contribution is -1.99. The van der Waals surface area contributed by atoms with Crippen LogP contribution in [0, 0.1) is 6.92 Å². The second kappa shape index (κ2) is 5.44. The van der Waals surface area contributed by atoms with Crippen molar-refractivity contribution in [2.24, 2.45) is 0 Å². The Labute approximate surface area is 123 Å². The van der Waals surface area contributed by atoms with Gasteiger partial charge in [-0.3, -0.25) is 0 Å². The third kappa shape index (κ3) is 2.82. The minimum Gasteiger partial charge on any atom is -0.488 e. The molecule has 0 aliphatic heterocycles. The molecule has 3 nitrogen and oxygen atoms in total. The van der Waals surface area contributed by atoms with Crippen LogP contribution < -0.4 is 4.74 Å². The fourth-order valence-corrected chi connectivity index (χ4v) is 2.13. The molecule has 2 aromatic carbocycles. The van der Waals surface area contributed by atoms with Crippen molar-refractivity contribution >= 4 is 11.1 Å². The van der Waals surface area contributed by atoms with Crippen LogP contribution in [0.15, 0.2) is 59.0 Å². The highest BCUT2D eigenvalue weighted by Crippen LogP contribution is 2.32. The molecule has 3 rings (SSSR count). The molecule has 0 saturated heterocycles. The number of hydrogen-bond acceptors (Lipinski definition) is 3. The number of hydrogen-bond donors (Lipinski definition) is 0. The fraction of sp³-hybridized carbons (Fsp3) is 0.167. The Kier molecular flexibility index (Phi) is 3.48. The highest BCUT2D eigenvalue weighted by Gasteiger charge is 2.13. The van der Waals surface area contributed by atoms with Gasteiger partial charge in [-0.15, -0.1) is 0 Å². The van der Waals surface area contributed by atoms with Gasteiger partial charge in [-0.2, -0.15) is 0 Å². The average molecular weight is 279 g/mol. The largest absolute Gasteiger partial charge is 0.488 e. The molecule has 0 fully saturated rings. The molecule has 3 heteroatoms. The normalized spacial score (nSPS) is 10.8. The van der Waals surface area contributed by atoms with Gasteiger partial charge < -0.3 is 9.15 Å². The van der Waals surface area contributed by atoms with Gasteiger partial charge in [-0.25, -0.2) is 4.98 Å². The Morgan fingerprint density at radius 3 is 2.81 bits per heavy atom. The predicted octanol–water partition coefficient (Wildman–Crippen LogP) is 4.76. The van der Waals surface area contributed by atoms with Crippen LogP contribution >= 0.6 is 0 Å².